The van der Waals surface area contributed by atoms with Crippen molar-refractivity contribution in [1.29, 1.82) is 0 Å². The van der Waals surface area contributed by atoms with Crippen LogP contribution >= 0.6 is 0 Å². The minimum Gasteiger partial charge on any atom is -0.512 e. The van der Waals surface area contributed by atoms with E-state index >= 15 is 0 Å². The number of benzene rings is 1. The van der Waals surface area contributed by atoms with Crippen molar-refractivity contribution in [1.82, 2.24) is 0 Å². The molecule has 0 spiro atoms. The van der Waals surface area contributed by atoms with Gasteiger partial charge in [0.15, 0.2) is 6.29 Å². The highest BCUT2D eigenvalue weighted by atomic mass is 16.6. The third kappa shape index (κ3) is 2.46. The second kappa shape index (κ2) is 3.93. The second-order valence-electron chi connectivity index (χ2n) is 2.35. The van der Waals surface area contributed by atoms with E-state index in [4.69, 9.17) is 15.8 Å². The molecule has 1 rings (SSSR count). The first-order chi connectivity index (χ1) is 6.13. The fourth-order valence-electron chi connectivity index (χ4n) is 0.850. The van der Waals surface area contributed by atoms with E-state index in [1.54, 1.807) is 0 Å². The molecule has 6 heteroatoms. The Kier molecular flexibility index (Phi) is 2.89. The molecule has 4 N–H and O–H groups in total. The summed E-state index contributed by atoms with van der Waals surface area (Å²) in [4.78, 5) is 10.4. The molecule has 0 aliphatic heterocycles. The predicted molar refractivity (Wildman–Crippen MR) is 47.1 cm³/mol. The van der Waals surface area contributed by atoms with Crippen molar-refractivity contribution in [2.24, 2.45) is 0 Å². The number of anilines is 1. The van der Waals surface area contributed by atoms with Crippen LogP contribution in [0.15, 0.2) is 18.2 Å². The summed E-state index contributed by atoms with van der Waals surface area (Å²) in [6, 6.07) is 4.20. The highest BCUT2D eigenvalue weighted by Crippen LogP contribution is 2.17. The zero-order chi connectivity index (χ0) is 9.84. The van der Waals surface area contributed by atoms with Crippen LogP contribution < -0.4 is 10.4 Å². The summed E-state index contributed by atoms with van der Waals surface area (Å²) in [5.74, 6) is 0.173. The van der Waals surface area contributed by atoms with Gasteiger partial charge in [0.05, 0.1) is 0 Å². The standard InChI is InChI=1S/C7H8BNO4/c9-7-2-1-6(13-8(11)12)3-5(7)4-10/h1-4,11-12H,9H2. The summed E-state index contributed by atoms with van der Waals surface area (Å²) in [7, 11) is -1.90. The molecule has 5 nitrogen and oxygen atoms in total. The lowest BCUT2D eigenvalue weighted by Gasteiger charge is -2.05. The average Bonchev–Trinajstić information content (AvgIpc) is 2.07. The summed E-state index contributed by atoms with van der Waals surface area (Å²) in [5.41, 5.74) is 5.98. The van der Waals surface area contributed by atoms with E-state index in [0.717, 1.165) is 0 Å². The number of nitrogen functional groups attached to an aromatic ring is 1. The minimum atomic E-state index is -1.90. The zero-order valence-electron chi connectivity index (χ0n) is 6.68. The molecule has 68 valence electrons. The predicted octanol–water partition coefficient (Wildman–Crippen LogP) is -0.570. The number of aldehydes is 1. The Hall–Kier alpha value is -1.53. The van der Waals surface area contributed by atoms with Crippen molar-refractivity contribution < 1.29 is 19.5 Å². The van der Waals surface area contributed by atoms with Gasteiger partial charge < -0.3 is 20.4 Å². The number of rotatable bonds is 3. The van der Waals surface area contributed by atoms with E-state index in [-0.39, 0.29) is 11.3 Å². The summed E-state index contributed by atoms with van der Waals surface area (Å²) in [5, 5.41) is 16.9. The van der Waals surface area contributed by atoms with Gasteiger partial charge in [0.1, 0.15) is 5.75 Å². The van der Waals surface area contributed by atoms with Gasteiger partial charge in [-0.15, -0.1) is 0 Å². The first-order valence-electron chi connectivity index (χ1n) is 3.51. The van der Waals surface area contributed by atoms with Crippen molar-refractivity contribution in [3.63, 3.8) is 0 Å². The van der Waals surface area contributed by atoms with Crippen molar-refractivity contribution in [2.75, 3.05) is 5.73 Å². The van der Waals surface area contributed by atoms with Gasteiger partial charge in [-0.3, -0.25) is 4.79 Å². The average molecular weight is 181 g/mol. The van der Waals surface area contributed by atoms with Crippen LogP contribution in [0, 0.1) is 0 Å². The molecule has 0 saturated carbocycles. The molecule has 0 fully saturated rings. The Labute approximate surface area is 74.9 Å². The van der Waals surface area contributed by atoms with Crippen LogP contribution in [-0.4, -0.2) is 23.7 Å². The van der Waals surface area contributed by atoms with Crippen molar-refractivity contribution in [3.05, 3.63) is 23.8 Å². The Balaban J connectivity index is 2.92. The van der Waals surface area contributed by atoms with Gasteiger partial charge in [0, 0.05) is 11.3 Å². The molecular formula is C7H8BNO4. The summed E-state index contributed by atoms with van der Waals surface area (Å²) in [6.45, 7) is 0. The van der Waals surface area contributed by atoms with Crippen molar-refractivity contribution in [2.45, 2.75) is 0 Å². The van der Waals surface area contributed by atoms with Gasteiger partial charge in [-0.2, -0.15) is 0 Å². The molecule has 0 aliphatic rings. The topological polar surface area (TPSA) is 92.8 Å². The third-order valence-electron chi connectivity index (χ3n) is 1.43. The lowest BCUT2D eigenvalue weighted by molar-refractivity contribution is 0.112. The number of hydrogen-bond donors (Lipinski definition) is 3. The fourth-order valence-corrected chi connectivity index (χ4v) is 0.850. The monoisotopic (exact) mass is 181 g/mol. The minimum absolute atomic E-state index is 0.173. The fraction of sp³-hybridized carbons (Fsp3) is 0. The molecular weight excluding hydrogens is 173 g/mol. The Morgan fingerprint density at radius 1 is 1.46 bits per heavy atom. The highest BCUT2D eigenvalue weighted by Gasteiger charge is 2.11. The summed E-state index contributed by atoms with van der Waals surface area (Å²) >= 11 is 0. The first kappa shape index (κ1) is 9.56. The van der Waals surface area contributed by atoms with Gasteiger partial charge in [-0.25, -0.2) is 0 Å². The zero-order valence-corrected chi connectivity index (χ0v) is 6.68. The second-order valence-corrected chi connectivity index (χ2v) is 2.35. The van der Waals surface area contributed by atoms with E-state index in [2.05, 4.69) is 4.65 Å². The van der Waals surface area contributed by atoms with Crippen LogP contribution in [-0.2, 0) is 0 Å². The molecule has 1 aromatic carbocycles. The molecule has 0 aliphatic carbocycles. The maximum atomic E-state index is 10.4. The van der Waals surface area contributed by atoms with Gasteiger partial charge in [-0.1, -0.05) is 0 Å². The van der Waals surface area contributed by atoms with Crippen LogP contribution in [0.3, 0.4) is 0 Å². The van der Waals surface area contributed by atoms with Crippen LogP contribution in [0.2, 0.25) is 0 Å². The van der Waals surface area contributed by atoms with Crippen LogP contribution in [0.25, 0.3) is 0 Å². The SMILES string of the molecule is Nc1ccc(OB(O)O)cc1C=O. The Morgan fingerprint density at radius 2 is 2.15 bits per heavy atom. The van der Waals surface area contributed by atoms with Gasteiger partial charge in [0.25, 0.3) is 0 Å². The van der Waals surface area contributed by atoms with Gasteiger partial charge >= 0.3 is 7.32 Å². The normalized spacial score (nSPS) is 9.38. The molecule has 0 amide bonds. The molecule has 0 aromatic heterocycles. The molecule has 0 radical (unpaired) electrons. The lowest BCUT2D eigenvalue weighted by atomic mass is 10.1. The van der Waals surface area contributed by atoms with E-state index in [9.17, 15) is 4.79 Å². The highest BCUT2D eigenvalue weighted by molar-refractivity contribution is 6.33. The molecule has 1 aromatic rings. The molecule has 0 heterocycles. The summed E-state index contributed by atoms with van der Waals surface area (Å²) < 4.78 is 4.51. The van der Waals surface area contributed by atoms with Gasteiger partial charge in [-0.05, 0) is 18.2 Å². The largest absolute Gasteiger partial charge is 0.707 e. The van der Waals surface area contributed by atoms with E-state index in [1.165, 1.54) is 18.2 Å². The molecule has 0 bridgehead atoms. The van der Waals surface area contributed by atoms with E-state index in [0.29, 0.717) is 12.0 Å². The van der Waals surface area contributed by atoms with Gasteiger partial charge in [0.2, 0.25) is 0 Å². The number of carbonyl (C=O) groups excluding carboxylic acids is 1. The smallest absolute Gasteiger partial charge is 0.512 e. The van der Waals surface area contributed by atoms with Crippen LogP contribution in [0.4, 0.5) is 5.69 Å². The molecule has 13 heavy (non-hydrogen) atoms. The molecule has 0 saturated heterocycles. The van der Waals surface area contributed by atoms with Crippen LogP contribution in [0.1, 0.15) is 10.4 Å². The maximum Gasteiger partial charge on any atom is 0.707 e. The third-order valence-corrected chi connectivity index (χ3v) is 1.43. The number of carbonyl (C=O) groups is 1. The van der Waals surface area contributed by atoms with Crippen LogP contribution in [0.5, 0.6) is 5.75 Å². The Morgan fingerprint density at radius 3 is 2.69 bits per heavy atom. The van der Waals surface area contributed by atoms with E-state index in [1.807, 2.05) is 0 Å². The number of nitrogens with two attached hydrogens (primary N) is 1. The Bertz CT molecular complexity index is 315. The van der Waals surface area contributed by atoms with Crippen molar-refractivity contribution in [3.8, 4) is 5.75 Å². The lowest BCUT2D eigenvalue weighted by Crippen LogP contribution is -2.20. The number of hydrogen-bond acceptors (Lipinski definition) is 5. The molecule has 0 unspecified atom stereocenters. The first-order valence-corrected chi connectivity index (χ1v) is 3.51. The quantitative estimate of drug-likeness (QED) is 0.329. The summed E-state index contributed by atoms with van der Waals surface area (Å²) in [6.07, 6.45) is 0.561. The van der Waals surface area contributed by atoms with Crippen molar-refractivity contribution >= 4 is 19.3 Å². The maximum absolute atomic E-state index is 10.4. The molecule has 0 atom stereocenters. The van der Waals surface area contributed by atoms with E-state index < -0.39 is 7.32 Å².